The fourth-order valence-corrected chi connectivity index (χ4v) is 1.50. The molecule has 1 fully saturated rings. The molecule has 1 aliphatic carbocycles. The molecule has 0 spiro atoms. The van der Waals surface area contributed by atoms with Gasteiger partial charge in [0.2, 0.25) is 0 Å². The summed E-state index contributed by atoms with van der Waals surface area (Å²) in [6, 6.07) is 7.54. The number of phenolic OH excluding ortho intramolecular Hbond substituents is 1. The van der Waals surface area contributed by atoms with Crippen molar-refractivity contribution in [3.05, 3.63) is 29.8 Å². The first kappa shape index (κ1) is 9.49. The van der Waals surface area contributed by atoms with Gasteiger partial charge in [0.05, 0.1) is 12.6 Å². The Balaban J connectivity index is 2.05. The van der Waals surface area contributed by atoms with Crippen molar-refractivity contribution in [3.8, 4) is 5.75 Å². The van der Waals surface area contributed by atoms with Crippen LogP contribution in [0.15, 0.2) is 24.3 Å². The maximum absolute atomic E-state index is 9.20. The smallest absolute Gasteiger partial charge is 0.115 e. The molecule has 0 heterocycles. The summed E-state index contributed by atoms with van der Waals surface area (Å²) in [5.74, 6) is 0.261. The molecule has 3 N–H and O–H groups in total. The third kappa shape index (κ3) is 2.25. The number of nitrogens with one attached hydrogen (secondary N) is 1. The second-order valence-corrected chi connectivity index (χ2v) is 3.77. The Kier molecular flexibility index (Phi) is 2.70. The van der Waals surface area contributed by atoms with Crippen molar-refractivity contribution in [1.29, 1.82) is 0 Å². The molecule has 0 bridgehead atoms. The first-order valence-corrected chi connectivity index (χ1v) is 4.95. The summed E-state index contributed by atoms with van der Waals surface area (Å²) in [6.07, 6.45) is 2.41. The highest BCUT2D eigenvalue weighted by Gasteiger charge is 2.24. The molecule has 0 amide bonds. The van der Waals surface area contributed by atoms with E-state index in [0.29, 0.717) is 6.04 Å². The van der Waals surface area contributed by atoms with Crippen molar-refractivity contribution in [2.45, 2.75) is 24.9 Å². The molecule has 1 aromatic rings. The fourth-order valence-electron chi connectivity index (χ4n) is 1.50. The molecular formula is C11H15NO2. The molecule has 3 heteroatoms. The zero-order valence-corrected chi connectivity index (χ0v) is 7.98. The van der Waals surface area contributed by atoms with E-state index in [4.69, 9.17) is 5.11 Å². The van der Waals surface area contributed by atoms with Crippen LogP contribution >= 0.6 is 0 Å². The minimum atomic E-state index is 0.00287. The van der Waals surface area contributed by atoms with Crippen molar-refractivity contribution in [2.24, 2.45) is 0 Å². The third-order valence-corrected chi connectivity index (χ3v) is 2.49. The van der Waals surface area contributed by atoms with Crippen LogP contribution in [0.1, 0.15) is 24.4 Å². The Bertz CT molecular complexity index is 293. The van der Waals surface area contributed by atoms with Crippen molar-refractivity contribution < 1.29 is 10.2 Å². The van der Waals surface area contributed by atoms with Crippen LogP contribution in [0, 0.1) is 0 Å². The average molecular weight is 193 g/mol. The van der Waals surface area contributed by atoms with E-state index in [1.807, 2.05) is 12.1 Å². The lowest BCUT2D eigenvalue weighted by Gasteiger charge is -2.16. The number of aliphatic hydroxyl groups is 1. The van der Waals surface area contributed by atoms with E-state index in [-0.39, 0.29) is 18.4 Å². The Morgan fingerprint density at radius 1 is 1.29 bits per heavy atom. The van der Waals surface area contributed by atoms with Gasteiger partial charge in [-0.15, -0.1) is 0 Å². The van der Waals surface area contributed by atoms with Crippen LogP contribution in [0.2, 0.25) is 0 Å². The molecule has 1 unspecified atom stereocenters. The van der Waals surface area contributed by atoms with E-state index >= 15 is 0 Å². The highest BCUT2D eigenvalue weighted by molar-refractivity contribution is 5.28. The molecule has 1 saturated carbocycles. The van der Waals surface area contributed by atoms with E-state index in [1.165, 1.54) is 12.8 Å². The average Bonchev–Trinajstić information content (AvgIpc) is 3.00. The quantitative estimate of drug-likeness (QED) is 0.673. The van der Waals surface area contributed by atoms with Gasteiger partial charge in [-0.25, -0.2) is 0 Å². The van der Waals surface area contributed by atoms with Gasteiger partial charge in [0.25, 0.3) is 0 Å². The van der Waals surface area contributed by atoms with Gasteiger partial charge < -0.3 is 15.5 Å². The standard InChI is InChI=1S/C11H15NO2/c13-7-11(12-9-3-4-9)8-1-5-10(14)6-2-8/h1-2,5-6,9,11-14H,3-4,7H2. The molecule has 1 atom stereocenters. The second kappa shape index (κ2) is 3.98. The predicted molar refractivity (Wildman–Crippen MR) is 54.1 cm³/mol. The molecule has 0 radical (unpaired) electrons. The van der Waals surface area contributed by atoms with Crippen LogP contribution in [0.25, 0.3) is 0 Å². The lowest BCUT2D eigenvalue weighted by Crippen LogP contribution is -2.26. The second-order valence-electron chi connectivity index (χ2n) is 3.77. The molecule has 2 rings (SSSR count). The highest BCUT2D eigenvalue weighted by Crippen LogP contribution is 2.24. The number of benzene rings is 1. The highest BCUT2D eigenvalue weighted by atomic mass is 16.3. The van der Waals surface area contributed by atoms with E-state index in [1.54, 1.807) is 12.1 Å². The molecule has 1 aromatic carbocycles. The van der Waals surface area contributed by atoms with E-state index < -0.39 is 0 Å². The molecule has 0 aliphatic heterocycles. The Morgan fingerprint density at radius 2 is 1.93 bits per heavy atom. The van der Waals surface area contributed by atoms with Crippen molar-refractivity contribution in [1.82, 2.24) is 5.32 Å². The first-order chi connectivity index (χ1) is 6.79. The molecule has 3 nitrogen and oxygen atoms in total. The van der Waals surface area contributed by atoms with Crippen LogP contribution in [-0.4, -0.2) is 22.9 Å². The topological polar surface area (TPSA) is 52.5 Å². The van der Waals surface area contributed by atoms with Gasteiger partial charge in [0.15, 0.2) is 0 Å². The molecule has 76 valence electrons. The minimum Gasteiger partial charge on any atom is -0.508 e. The summed E-state index contributed by atoms with van der Waals surface area (Å²) in [6.45, 7) is 0.0985. The maximum Gasteiger partial charge on any atom is 0.115 e. The third-order valence-electron chi connectivity index (χ3n) is 2.49. The first-order valence-electron chi connectivity index (χ1n) is 4.95. The van der Waals surface area contributed by atoms with Crippen LogP contribution in [0.4, 0.5) is 0 Å². The molecule has 0 aromatic heterocycles. The number of hydrogen-bond acceptors (Lipinski definition) is 3. The van der Waals surface area contributed by atoms with Crippen molar-refractivity contribution >= 4 is 0 Å². The van der Waals surface area contributed by atoms with Gasteiger partial charge in [0.1, 0.15) is 5.75 Å². The minimum absolute atomic E-state index is 0.00287. The number of aliphatic hydroxyl groups excluding tert-OH is 1. The summed E-state index contributed by atoms with van der Waals surface area (Å²) in [5, 5.41) is 21.7. The largest absolute Gasteiger partial charge is 0.508 e. The summed E-state index contributed by atoms with van der Waals surface area (Å²) < 4.78 is 0. The van der Waals surface area contributed by atoms with Crippen LogP contribution in [0.3, 0.4) is 0 Å². The Morgan fingerprint density at radius 3 is 2.43 bits per heavy atom. The van der Waals surface area contributed by atoms with Gasteiger partial charge in [0, 0.05) is 6.04 Å². The van der Waals surface area contributed by atoms with Gasteiger partial charge in [-0.05, 0) is 30.5 Å². The van der Waals surface area contributed by atoms with Crippen molar-refractivity contribution in [2.75, 3.05) is 6.61 Å². The summed E-state index contributed by atoms with van der Waals surface area (Å²) in [7, 11) is 0. The van der Waals surface area contributed by atoms with Crippen molar-refractivity contribution in [3.63, 3.8) is 0 Å². The lowest BCUT2D eigenvalue weighted by atomic mass is 10.1. The summed E-state index contributed by atoms with van der Waals surface area (Å²) >= 11 is 0. The molecule has 14 heavy (non-hydrogen) atoms. The van der Waals surface area contributed by atoms with Crippen LogP contribution in [0.5, 0.6) is 5.75 Å². The van der Waals surface area contributed by atoms with E-state index in [0.717, 1.165) is 5.56 Å². The van der Waals surface area contributed by atoms with E-state index in [9.17, 15) is 5.11 Å². The lowest BCUT2D eigenvalue weighted by molar-refractivity contribution is 0.243. The Labute approximate surface area is 83.4 Å². The fraction of sp³-hybridized carbons (Fsp3) is 0.455. The van der Waals surface area contributed by atoms with Gasteiger partial charge in [-0.3, -0.25) is 0 Å². The zero-order chi connectivity index (χ0) is 9.97. The van der Waals surface area contributed by atoms with Crippen LogP contribution in [-0.2, 0) is 0 Å². The van der Waals surface area contributed by atoms with Gasteiger partial charge >= 0.3 is 0 Å². The Hall–Kier alpha value is -1.06. The molecule has 0 saturated heterocycles. The van der Waals surface area contributed by atoms with Crippen LogP contribution < -0.4 is 5.32 Å². The monoisotopic (exact) mass is 193 g/mol. The number of rotatable bonds is 4. The maximum atomic E-state index is 9.20. The SMILES string of the molecule is OCC(NC1CC1)c1ccc(O)cc1. The summed E-state index contributed by atoms with van der Waals surface area (Å²) in [5.41, 5.74) is 1.03. The normalized spacial score (nSPS) is 18.1. The van der Waals surface area contributed by atoms with Gasteiger partial charge in [-0.2, -0.15) is 0 Å². The number of aromatic hydroxyl groups is 1. The summed E-state index contributed by atoms with van der Waals surface area (Å²) in [4.78, 5) is 0. The molecular weight excluding hydrogens is 178 g/mol. The number of phenols is 1. The number of hydrogen-bond donors (Lipinski definition) is 3. The van der Waals surface area contributed by atoms with Gasteiger partial charge in [-0.1, -0.05) is 12.1 Å². The molecule has 1 aliphatic rings. The zero-order valence-electron chi connectivity index (χ0n) is 7.98. The predicted octanol–water partition coefficient (Wildman–Crippen LogP) is 1.18. The van der Waals surface area contributed by atoms with E-state index in [2.05, 4.69) is 5.32 Å².